The summed E-state index contributed by atoms with van der Waals surface area (Å²) in [4.78, 5) is 17.1. The van der Waals surface area contributed by atoms with Gasteiger partial charge >= 0.3 is 6.03 Å². The van der Waals surface area contributed by atoms with Crippen LogP contribution >= 0.6 is 11.8 Å². The van der Waals surface area contributed by atoms with Crippen LogP contribution in [-0.4, -0.2) is 17.3 Å². The maximum Gasteiger partial charge on any atom is 0.337 e. The second kappa shape index (κ2) is 8.77. The summed E-state index contributed by atoms with van der Waals surface area (Å²) in [5.41, 5.74) is 6.87. The fraction of sp³-hybridized carbons (Fsp3) is 0.0526. The molecule has 0 bridgehead atoms. The first-order chi connectivity index (χ1) is 12.7. The first-order valence-corrected chi connectivity index (χ1v) is 9.10. The third-order valence-corrected chi connectivity index (χ3v) is 4.13. The monoisotopic (exact) mass is 366 g/mol. The molecule has 0 fully saturated rings. The predicted molar refractivity (Wildman–Crippen MR) is 105 cm³/mol. The zero-order valence-electron chi connectivity index (χ0n) is 14.1. The van der Waals surface area contributed by atoms with Gasteiger partial charge in [-0.3, -0.25) is 15.8 Å². The molecule has 3 N–H and O–H groups in total. The van der Waals surface area contributed by atoms with Gasteiger partial charge in [0.2, 0.25) is 0 Å². The highest BCUT2D eigenvalue weighted by atomic mass is 32.2. The molecule has 26 heavy (non-hydrogen) atoms. The molecule has 3 aromatic rings. The molecule has 0 aliphatic heterocycles. The Morgan fingerprint density at radius 3 is 2.46 bits per heavy atom. The van der Waals surface area contributed by atoms with Crippen molar-refractivity contribution in [3.05, 3.63) is 73.1 Å². The number of carbonyl (C=O) groups excluding carboxylic acids is 1. The number of hydrogen-bond acceptors (Lipinski definition) is 5. The Kier molecular flexibility index (Phi) is 5.95. The highest BCUT2D eigenvalue weighted by Gasteiger charge is 2.03. The molecule has 0 atom stereocenters. The number of hydrazine groups is 1. The zero-order valence-corrected chi connectivity index (χ0v) is 14.9. The molecule has 2 amide bonds. The number of rotatable bonds is 6. The Morgan fingerprint density at radius 1 is 0.962 bits per heavy atom. The van der Waals surface area contributed by atoms with Gasteiger partial charge < -0.3 is 10.1 Å². The quantitative estimate of drug-likeness (QED) is 0.434. The lowest BCUT2D eigenvalue weighted by atomic mass is 10.3. The lowest BCUT2D eigenvalue weighted by Crippen LogP contribution is -2.33. The van der Waals surface area contributed by atoms with Crippen LogP contribution < -0.4 is 20.9 Å². The fourth-order valence-corrected chi connectivity index (χ4v) is 2.55. The second-order valence-electron chi connectivity index (χ2n) is 5.25. The van der Waals surface area contributed by atoms with Gasteiger partial charge in [-0.2, -0.15) is 0 Å². The number of urea groups is 1. The molecule has 0 radical (unpaired) electrons. The van der Waals surface area contributed by atoms with Crippen LogP contribution in [0.25, 0.3) is 0 Å². The number of aromatic nitrogens is 1. The van der Waals surface area contributed by atoms with Gasteiger partial charge in [-0.05, 0) is 54.8 Å². The molecule has 2 aromatic carbocycles. The van der Waals surface area contributed by atoms with E-state index in [1.165, 1.54) is 0 Å². The average molecular weight is 366 g/mol. The Balaban J connectivity index is 1.53. The summed E-state index contributed by atoms with van der Waals surface area (Å²) in [7, 11) is 0. The van der Waals surface area contributed by atoms with Crippen molar-refractivity contribution in [1.29, 1.82) is 0 Å². The lowest BCUT2D eigenvalue weighted by molar-refractivity contribution is 0.254. The van der Waals surface area contributed by atoms with Gasteiger partial charge in [-0.15, -0.1) is 11.8 Å². The Morgan fingerprint density at radius 2 is 1.73 bits per heavy atom. The smallest absolute Gasteiger partial charge is 0.337 e. The van der Waals surface area contributed by atoms with E-state index in [1.807, 2.05) is 48.7 Å². The highest BCUT2D eigenvalue weighted by molar-refractivity contribution is 7.98. The minimum atomic E-state index is -0.359. The molecule has 7 heteroatoms. The van der Waals surface area contributed by atoms with Crippen LogP contribution in [0.2, 0.25) is 0 Å². The largest absolute Gasteiger partial charge is 0.457 e. The summed E-state index contributed by atoms with van der Waals surface area (Å²) in [6.45, 7) is 0. The maximum atomic E-state index is 12.0. The van der Waals surface area contributed by atoms with Crippen LogP contribution in [0, 0.1) is 0 Å². The first kappa shape index (κ1) is 17.6. The molecule has 132 valence electrons. The number of pyridine rings is 1. The molecule has 0 unspecified atom stereocenters. The number of hydrogen-bond donors (Lipinski definition) is 3. The number of carbonyl (C=O) groups is 1. The Bertz CT molecular complexity index is 857. The van der Waals surface area contributed by atoms with Crippen molar-refractivity contribution in [2.45, 2.75) is 4.90 Å². The van der Waals surface area contributed by atoms with Crippen molar-refractivity contribution in [2.24, 2.45) is 0 Å². The van der Waals surface area contributed by atoms with Crippen molar-refractivity contribution in [2.75, 3.05) is 17.0 Å². The Labute approximate surface area is 156 Å². The molecule has 0 saturated heterocycles. The van der Waals surface area contributed by atoms with Gasteiger partial charge in [0, 0.05) is 29.0 Å². The van der Waals surface area contributed by atoms with Crippen LogP contribution in [0.3, 0.4) is 0 Å². The van der Waals surface area contributed by atoms with E-state index in [2.05, 4.69) is 21.2 Å². The maximum absolute atomic E-state index is 12.0. The highest BCUT2D eigenvalue weighted by Crippen LogP contribution is 2.23. The topological polar surface area (TPSA) is 75.3 Å². The van der Waals surface area contributed by atoms with E-state index in [0.717, 1.165) is 10.6 Å². The molecular formula is C19H18N4O2S. The van der Waals surface area contributed by atoms with Crippen molar-refractivity contribution in [1.82, 2.24) is 10.4 Å². The van der Waals surface area contributed by atoms with Crippen molar-refractivity contribution in [3.63, 3.8) is 0 Å². The summed E-state index contributed by atoms with van der Waals surface area (Å²) in [5, 5.41) is 2.76. The van der Waals surface area contributed by atoms with Crippen LogP contribution in [-0.2, 0) is 0 Å². The summed E-state index contributed by atoms with van der Waals surface area (Å²) >= 11 is 1.65. The molecule has 1 aromatic heterocycles. The van der Waals surface area contributed by atoms with Crippen LogP contribution in [0.15, 0.2) is 78.0 Å². The molecule has 0 saturated carbocycles. The third kappa shape index (κ3) is 5.15. The number of nitrogens with one attached hydrogen (secondary N) is 3. The molecule has 0 aliphatic rings. The molecule has 0 spiro atoms. The number of amides is 2. The molecule has 1 heterocycles. The van der Waals surface area contributed by atoms with Crippen LogP contribution in [0.4, 0.5) is 16.2 Å². The van der Waals surface area contributed by atoms with Crippen molar-refractivity contribution in [3.8, 4) is 11.5 Å². The lowest BCUT2D eigenvalue weighted by Gasteiger charge is -2.11. The zero-order chi connectivity index (χ0) is 18.2. The first-order valence-electron chi connectivity index (χ1n) is 7.88. The van der Waals surface area contributed by atoms with Gasteiger partial charge in [-0.25, -0.2) is 4.79 Å². The van der Waals surface area contributed by atoms with E-state index in [9.17, 15) is 4.79 Å². The van der Waals surface area contributed by atoms with E-state index in [4.69, 9.17) is 4.74 Å². The minimum Gasteiger partial charge on any atom is -0.457 e. The predicted octanol–water partition coefficient (Wildman–Crippen LogP) is 4.74. The summed E-state index contributed by atoms with van der Waals surface area (Å²) < 4.78 is 5.73. The number of ether oxygens (including phenoxy) is 1. The number of thioether (sulfide) groups is 1. The molecule has 0 aliphatic carbocycles. The fourth-order valence-electron chi connectivity index (χ4n) is 2.15. The standard InChI is InChI=1S/C19H18N4O2S/c1-26-18-7-5-14(6-8-18)21-19(24)23-22-15-3-2-4-17(13-15)25-16-9-11-20-12-10-16/h2-13,22H,1H3,(H2,21,23,24). The molecule has 3 rings (SSSR count). The van der Waals surface area contributed by atoms with Gasteiger partial charge in [0.25, 0.3) is 0 Å². The van der Waals surface area contributed by atoms with Crippen molar-refractivity contribution >= 4 is 29.2 Å². The third-order valence-electron chi connectivity index (χ3n) is 3.39. The number of nitrogens with zero attached hydrogens (tertiary/aromatic N) is 1. The van der Waals surface area contributed by atoms with E-state index in [0.29, 0.717) is 17.2 Å². The summed E-state index contributed by atoms with van der Waals surface area (Å²) in [5.74, 6) is 1.34. The van der Waals surface area contributed by atoms with Gasteiger partial charge in [0.05, 0.1) is 5.69 Å². The SMILES string of the molecule is CSc1ccc(NC(=O)NNc2cccc(Oc3ccncc3)c2)cc1. The van der Waals surface area contributed by atoms with Gasteiger partial charge in [0.15, 0.2) is 0 Å². The Hall–Kier alpha value is -3.19. The van der Waals surface area contributed by atoms with E-state index in [-0.39, 0.29) is 6.03 Å². The van der Waals surface area contributed by atoms with E-state index >= 15 is 0 Å². The number of anilines is 2. The van der Waals surface area contributed by atoms with Gasteiger partial charge in [-0.1, -0.05) is 6.07 Å². The molecule has 6 nitrogen and oxygen atoms in total. The number of benzene rings is 2. The summed E-state index contributed by atoms with van der Waals surface area (Å²) in [6, 6.07) is 18.1. The van der Waals surface area contributed by atoms with Crippen LogP contribution in [0.5, 0.6) is 11.5 Å². The molecular weight excluding hydrogens is 348 g/mol. The van der Waals surface area contributed by atoms with Crippen molar-refractivity contribution < 1.29 is 9.53 Å². The van der Waals surface area contributed by atoms with E-state index < -0.39 is 0 Å². The summed E-state index contributed by atoms with van der Waals surface area (Å²) in [6.07, 6.45) is 5.33. The normalized spacial score (nSPS) is 10.0. The second-order valence-corrected chi connectivity index (χ2v) is 6.13. The minimum absolute atomic E-state index is 0.359. The van der Waals surface area contributed by atoms with E-state index in [1.54, 1.807) is 42.4 Å². The van der Waals surface area contributed by atoms with Gasteiger partial charge in [0.1, 0.15) is 11.5 Å². The van der Waals surface area contributed by atoms with Crippen LogP contribution in [0.1, 0.15) is 0 Å². The average Bonchev–Trinajstić information content (AvgIpc) is 2.68.